The standard InChI is InChI=1S/C22H28N2O5S/c1-27-19-5-7-20(8-6-19)30(25,26)23-14-18-3-2-10-24(16-18)15-17-4-9-21-22(13-17)29-12-11-28-21/h4-9,13,18,23H,2-3,10-12,14-16H2,1H3/t18-/m0/s1. The molecule has 0 bridgehead atoms. The zero-order valence-corrected chi connectivity index (χ0v) is 18.0. The third-order valence-electron chi connectivity index (χ3n) is 5.55. The van der Waals surface area contributed by atoms with E-state index >= 15 is 0 Å². The summed E-state index contributed by atoms with van der Waals surface area (Å²) in [5, 5.41) is 0. The van der Waals surface area contributed by atoms with Gasteiger partial charge < -0.3 is 14.2 Å². The molecule has 0 aromatic heterocycles. The van der Waals surface area contributed by atoms with E-state index in [1.54, 1.807) is 31.4 Å². The van der Waals surface area contributed by atoms with Crippen molar-refractivity contribution >= 4 is 10.0 Å². The van der Waals surface area contributed by atoms with E-state index in [1.165, 1.54) is 5.56 Å². The maximum absolute atomic E-state index is 12.6. The Labute approximate surface area is 178 Å². The third-order valence-corrected chi connectivity index (χ3v) is 6.99. The highest BCUT2D eigenvalue weighted by Crippen LogP contribution is 2.31. The van der Waals surface area contributed by atoms with Crippen LogP contribution < -0.4 is 18.9 Å². The molecule has 2 aliphatic heterocycles. The van der Waals surface area contributed by atoms with Gasteiger partial charge in [-0.05, 0) is 67.3 Å². The summed E-state index contributed by atoms with van der Waals surface area (Å²) in [4.78, 5) is 2.63. The van der Waals surface area contributed by atoms with Gasteiger partial charge in [-0.3, -0.25) is 4.90 Å². The quantitative estimate of drug-likeness (QED) is 0.725. The molecule has 30 heavy (non-hydrogen) atoms. The van der Waals surface area contributed by atoms with E-state index in [4.69, 9.17) is 14.2 Å². The number of ether oxygens (including phenoxy) is 3. The lowest BCUT2D eigenvalue weighted by Crippen LogP contribution is -2.40. The number of methoxy groups -OCH3 is 1. The zero-order valence-electron chi connectivity index (χ0n) is 17.2. The lowest BCUT2D eigenvalue weighted by molar-refractivity contribution is 0.164. The predicted octanol–water partition coefficient (Wildman–Crippen LogP) is 2.66. The molecule has 162 valence electrons. The minimum atomic E-state index is -3.53. The number of hydrogen-bond donors (Lipinski definition) is 1. The number of fused-ring (bicyclic) bond motifs is 1. The number of likely N-dealkylation sites (tertiary alicyclic amines) is 1. The Morgan fingerprint density at radius 3 is 2.63 bits per heavy atom. The first-order valence-electron chi connectivity index (χ1n) is 10.3. The predicted molar refractivity (Wildman–Crippen MR) is 114 cm³/mol. The van der Waals surface area contributed by atoms with Gasteiger partial charge in [0.1, 0.15) is 19.0 Å². The highest BCUT2D eigenvalue weighted by Gasteiger charge is 2.23. The van der Waals surface area contributed by atoms with Crippen LogP contribution in [0.15, 0.2) is 47.4 Å². The van der Waals surface area contributed by atoms with Gasteiger partial charge in [0.25, 0.3) is 0 Å². The van der Waals surface area contributed by atoms with Crippen molar-refractivity contribution in [2.75, 3.05) is 40.0 Å². The van der Waals surface area contributed by atoms with Crippen molar-refractivity contribution in [3.05, 3.63) is 48.0 Å². The number of piperidine rings is 1. The number of nitrogens with one attached hydrogen (secondary N) is 1. The van der Waals surface area contributed by atoms with Crippen LogP contribution in [0.4, 0.5) is 0 Å². The summed E-state index contributed by atoms with van der Waals surface area (Å²) in [7, 11) is -1.97. The van der Waals surface area contributed by atoms with Crippen LogP contribution >= 0.6 is 0 Å². The number of rotatable bonds is 7. The van der Waals surface area contributed by atoms with Crippen molar-refractivity contribution in [1.29, 1.82) is 0 Å². The van der Waals surface area contributed by atoms with Gasteiger partial charge in [0.2, 0.25) is 10.0 Å². The first-order valence-corrected chi connectivity index (χ1v) is 11.8. The molecule has 7 nitrogen and oxygen atoms in total. The normalized spacial score (nSPS) is 19.4. The summed E-state index contributed by atoms with van der Waals surface area (Å²) in [6, 6.07) is 12.5. The molecule has 1 saturated heterocycles. The number of nitrogens with zero attached hydrogens (tertiary/aromatic N) is 1. The van der Waals surface area contributed by atoms with E-state index in [0.717, 1.165) is 44.0 Å². The summed E-state index contributed by atoms with van der Waals surface area (Å²) >= 11 is 0. The summed E-state index contributed by atoms with van der Waals surface area (Å²) < 4.78 is 44.3. The molecular formula is C22H28N2O5S. The van der Waals surface area contributed by atoms with Crippen LogP contribution in [-0.2, 0) is 16.6 Å². The third kappa shape index (κ3) is 5.06. The topological polar surface area (TPSA) is 77.1 Å². The molecule has 4 rings (SSSR count). The summed E-state index contributed by atoms with van der Waals surface area (Å²) in [6.45, 7) is 4.29. The van der Waals surface area contributed by atoms with Gasteiger partial charge in [0.15, 0.2) is 11.5 Å². The van der Waals surface area contributed by atoms with Crippen molar-refractivity contribution in [3.63, 3.8) is 0 Å². The van der Waals surface area contributed by atoms with Crippen molar-refractivity contribution in [2.24, 2.45) is 5.92 Å². The Balaban J connectivity index is 1.32. The van der Waals surface area contributed by atoms with Crippen molar-refractivity contribution < 1.29 is 22.6 Å². The zero-order chi connectivity index (χ0) is 21.0. The summed E-state index contributed by atoms with van der Waals surface area (Å²) in [5.41, 5.74) is 1.18. The highest BCUT2D eigenvalue weighted by molar-refractivity contribution is 7.89. The van der Waals surface area contributed by atoms with Crippen molar-refractivity contribution in [2.45, 2.75) is 24.3 Å². The van der Waals surface area contributed by atoms with Crippen LogP contribution in [-0.4, -0.2) is 53.3 Å². The lowest BCUT2D eigenvalue weighted by Gasteiger charge is -2.33. The van der Waals surface area contributed by atoms with Gasteiger partial charge in [-0.2, -0.15) is 0 Å². The van der Waals surface area contributed by atoms with E-state index < -0.39 is 10.0 Å². The fourth-order valence-corrected chi connectivity index (χ4v) is 5.09. The van der Waals surface area contributed by atoms with Crippen molar-refractivity contribution in [1.82, 2.24) is 9.62 Å². The van der Waals surface area contributed by atoms with Crippen molar-refractivity contribution in [3.8, 4) is 17.2 Å². The summed E-state index contributed by atoms with van der Waals surface area (Å²) in [5.74, 6) is 2.52. The smallest absolute Gasteiger partial charge is 0.240 e. The molecule has 8 heteroatoms. The molecule has 0 saturated carbocycles. The fraction of sp³-hybridized carbons (Fsp3) is 0.455. The Kier molecular flexibility index (Phi) is 6.46. The first kappa shape index (κ1) is 21.0. The molecule has 0 amide bonds. The van der Waals surface area contributed by atoms with Gasteiger partial charge in [0.05, 0.1) is 12.0 Å². The van der Waals surface area contributed by atoms with E-state index in [-0.39, 0.29) is 10.8 Å². The van der Waals surface area contributed by atoms with Gasteiger partial charge in [-0.25, -0.2) is 13.1 Å². The Bertz CT molecular complexity index is 962. The molecule has 1 atom stereocenters. The second kappa shape index (κ2) is 9.24. The Morgan fingerprint density at radius 1 is 1.10 bits per heavy atom. The van der Waals surface area contributed by atoms with Gasteiger partial charge in [0, 0.05) is 19.6 Å². The van der Waals surface area contributed by atoms with E-state index in [0.29, 0.717) is 25.5 Å². The van der Waals surface area contributed by atoms with Crippen LogP contribution in [0.2, 0.25) is 0 Å². The first-order chi connectivity index (χ1) is 14.5. The molecule has 0 spiro atoms. The molecule has 2 aliphatic rings. The molecule has 2 aromatic carbocycles. The Hall–Kier alpha value is -2.29. The van der Waals surface area contributed by atoms with Crippen LogP contribution in [0.1, 0.15) is 18.4 Å². The number of sulfonamides is 1. The van der Waals surface area contributed by atoms with Gasteiger partial charge >= 0.3 is 0 Å². The van der Waals surface area contributed by atoms with Crippen LogP contribution in [0.25, 0.3) is 0 Å². The summed E-state index contributed by atoms with van der Waals surface area (Å²) in [6.07, 6.45) is 2.07. The molecule has 0 aliphatic carbocycles. The second-order valence-electron chi connectivity index (χ2n) is 7.75. The molecule has 1 fully saturated rings. The van der Waals surface area contributed by atoms with Gasteiger partial charge in [-0.1, -0.05) is 6.07 Å². The highest BCUT2D eigenvalue weighted by atomic mass is 32.2. The molecule has 0 unspecified atom stereocenters. The van der Waals surface area contributed by atoms with E-state index in [2.05, 4.69) is 15.7 Å². The largest absolute Gasteiger partial charge is 0.497 e. The van der Waals surface area contributed by atoms with Gasteiger partial charge in [-0.15, -0.1) is 0 Å². The second-order valence-corrected chi connectivity index (χ2v) is 9.52. The molecule has 0 radical (unpaired) electrons. The fourth-order valence-electron chi connectivity index (χ4n) is 3.97. The van der Waals surface area contributed by atoms with Crippen LogP contribution in [0.3, 0.4) is 0 Å². The molecule has 2 aromatic rings. The lowest BCUT2D eigenvalue weighted by atomic mass is 9.98. The molecule has 1 N–H and O–H groups in total. The maximum Gasteiger partial charge on any atom is 0.240 e. The number of hydrogen-bond acceptors (Lipinski definition) is 6. The molecular weight excluding hydrogens is 404 g/mol. The monoisotopic (exact) mass is 432 g/mol. The SMILES string of the molecule is COc1ccc(S(=O)(=O)NC[C@@H]2CCCN(Cc3ccc4c(c3)OCCO4)C2)cc1. The van der Waals surface area contributed by atoms with E-state index in [9.17, 15) is 8.42 Å². The van der Waals surface area contributed by atoms with E-state index in [1.807, 2.05) is 12.1 Å². The Morgan fingerprint density at radius 2 is 1.87 bits per heavy atom. The molecule has 2 heterocycles. The van der Waals surface area contributed by atoms with Crippen LogP contribution in [0.5, 0.6) is 17.2 Å². The average molecular weight is 433 g/mol. The number of benzene rings is 2. The van der Waals surface area contributed by atoms with Crippen LogP contribution in [0, 0.1) is 5.92 Å². The average Bonchev–Trinajstić information content (AvgIpc) is 2.78. The minimum Gasteiger partial charge on any atom is -0.497 e. The minimum absolute atomic E-state index is 0.257. The maximum atomic E-state index is 12.6.